The Morgan fingerprint density at radius 3 is 2.78 bits per heavy atom. The van der Waals surface area contributed by atoms with Crippen LogP contribution in [0.4, 0.5) is 5.69 Å². The van der Waals surface area contributed by atoms with Gasteiger partial charge >= 0.3 is 0 Å². The summed E-state index contributed by atoms with van der Waals surface area (Å²) in [4.78, 5) is 19.7. The van der Waals surface area contributed by atoms with E-state index in [0.717, 1.165) is 12.0 Å². The van der Waals surface area contributed by atoms with E-state index in [0.29, 0.717) is 17.8 Å². The number of hydrogen-bond acceptors (Lipinski definition) is 4. The lowest BCUT2D eigenvalue weighted by atomic mass is 10.2. The van der Waals surface area contributed by atoms with E-state index >= 15 is 0 Å². The maximum Gasteiger partial charge on any atom is 0.254 e. The number of nitrogen functional groups attached to an aromatic ring is 1. The number of amides is 1. The predicted octanol–water partition coefficient (Wildman–Crippen LogP) is 1.03. The lowest BCUT2D eigenvalue weighted by Crippen LogP contribution is -2.26. The summed E-state index contributed by atoms with van der Waals surface area (Å²) >= 11 is 0. The van der Waals surface area contributed by atoms with Crippen molar-refractivity contribution >= 4 is 11.6 Å². The summed E-state index contributed by atoms with van der Waals surface area (Å²) < 4.78 is 0. The van der Waals surface area contributed by atoms with Gasteiger partial charge in [-0.3, -0.25) is 14.8 Å². The first-order valence-corrected chi connectivity index (χ1v) is 5.64. The van der Waals surface area contributed by atoms with Gasteiger partial charge in [0.1, 0.15) is 0 Å². The predicted molar refractivity (Wildman–Crippen MR) is 68.9 cm³/mol. The molecule has 92 valence electrons. The first-order chi connectivity index (χ1) is 8.77. The Hall–Kier alpha value is -2.43. The lowest BCUT2D eigenvalue weighted by molar-refractivity contribution is 0.0954. The molecular formula is C13H14N4O. The minimum atomic E-state index is -0.204. The van der Waals surface area contributed by atoms with Gasteiger partial charge in [-0.1, -0.05) is 6.07 Å². The van der Waals surface area contributed by atoms with E-state index in [1.165, 1.54) is 6.20 Å². The summed E-state index contributed by atoms with van der Waals surface area (Å²) in [5.41, 5.74) is 7.61. The number of anilines is 1. The maximum absolute atomic E-state index is 11.8. The third-order valence-electron chi connectivity index (χ3n) is 2.52. The first-order valence-electron chi connectivity index (χ1n) is 5.64. The summed E-state index contributed by atoms with van der Waals surface area (Å²) in [5, 5.41) is 2.80. The second kappa shape index (κ2) is 5.77. The van der Waals surface area contributed by atoms with Crippen LogP contribution < -0.4 is 11.1 Å². The van der Waals surface area contributed by atoms with Crippen LogP contribution in [-0.4, -0.2) is 22.4 Å². The van der Waals surface area contributed by atoms with Crippen LogP contribution in [0.3, 0.4) is 0 Å². The van der Waals surface area contributed by atoms with Crippen LogP contribution >= 0.6 is 0 Å². The van der Waals surface area contributed by atoms with Crippen molar-refractivity contribution in [2.75, 3.05) is 12.3 Å². The third kappa shape index (κ3) is 3.04. The maximum atomic E-state index is 11.8. The van der Waals surface area contributed by atoms with Crippen molar-refractivity contribution in [1.29, 1.82) is 0 Å². The molecule has 2 rings (SSSR count). The first kappa shape index (κ1) is 12.0. The monoisotopic (exact) mass is 242 g/mol. The Morgan fingerprint density at radius 2 is 2.06 bits per heavy atom. The number of nitrogens with one attached hydrogen (secondary N) is 1. The number of carbonyl (C=O) groups is 1. The molecule has 0 saturated heterocycles. The van der Waals surface area contributed by atoms with Crippen LogP contribution in [0, 0.1) is 0 Å². The van der Waals surface area contributed by atoms with E-state index in [2.05, 4.69) is 15.3 Å². The number of nitrogens with two attached hydrogens (primary N) is 1. The summed E-state index contributed by atoms with van der Waals surface area (Å²) in [6.07, 6.45) is 7.26. The summed E-state index contributed by atoms with van der Waals surface area (Å²) in [7, 11) is 0. The summed E-state index contributed by atoms with van der Waals surface area (Å²) in [5.74, 6) is -0.204. The smallest absolute Gasteiger partial charge is 0.254 e. The minimum absolute atomic E-state index is 0.204. The molecule has 5 nitrogen and oxygen atoms in total. The van der Waals surface area contributed by atoms with Crippen LogP contribution in [0.25, 0.3) is 0 Å². The molecule has 1 amide bonds. The van der Waals surface area contributed by atoms with Crippen molar-refractivity contribution in [3.05, 3.63) is 54.1 Å². The number of aromatic nitrogens is 2. The molecule has 0 bridgehead atoms. The van der Waals surface area contributed by atoms with Gasteiger partial charge in [-0.05, 0) is 24.1 Å². The van der Waals surface area contributed by atoms with Gasteiger partial charge in [0.05, 0.1) is 5.56 Å². The molecule has 0 atom stereocenters. The topological polar surface area (TPSA) is 80.9 Å². The van der Waals surface area contributed by atoms with Gasteiger partial charge in [0.2, 0.25) is 0 Å². The average molecular weight is 242 g/mol. The molecule has 0 aliphatic carbocycles. The molecule has 2 heterocycles. The van der Waals surface area contributed by atoms with Crippen molar-refractivity contribution in [1.82, 2.24) is 15.3 Å². The Balaban J connectivity index is 1.88. The van der Waals surface area contributed by atoms with E-state index in [4.69, 9.17) is 5.73 Å². The molecule has 3 N–H and O–H groups in total. The van der Waals surface area contributed by atoms with E-state index in [-0.39, 0.29) is 5.91 Å². The molecular weight excluding hydrogens is 228 g/mol. The zero-order chi connectivity index (χ0) is 12.8. The van der Waals surface area contributed by atoms with Crippen LogP contribution in [0.2, 0.25) is 0 Å². The Morgan fingerprint density at radius 1 is 1.22 bits per heavy atom. The van der Waals surface area contributed by atoms with Crippen molar-refractivity contribution < 1.29 is 4.79 Å². The molecule has 0 aliphatic rings. The molecule has 0 spiro atoms. The van der Waals surface area contributed by atoms with Gasteiger partial charge in [0.25, 0.3) is 5.91 Å². The van der Waals surface area contributed by atoms with Crippen LogP contribution in [0.5, 0.6) is 0 Å². The fourth-order valence-corrected chi connectivity index (χ4v) is 1.56. The average Bonchev–Trinajstić information content (AvgIpc) is 2.40. The SMILES string of the molecule is Nc1ccncc1C(=O)NCCc1cccnc1. The standard InChI is InChI=1S/C13H14N4O/c14-12-4-6-16-9-11(12)13(18)17-7-3-10-2-1-5-15-8-10/h1-2,4-6,8-9H,3,7H2,(H2,14,16)(H,17,18). The van der Waals surface area contributed by atoms with Crippen molar-refractivity contribution in [3.63, 3.8) is 0 Å². The highest BCUT2D eigenvalue weighted by molar-refractivity contribution is 5.98. The Labute approximate surface area is 105 Å². The van der Waals surface area contributed by atoms with Crippen molar-refractivity contribution in [3.8, 4) is 0 Å². The molecule has 2 aromatic heterocycles. The third-order valence-corrected chi connectivity index (χ3v) is 2.52. The van der Waals surface area contributed by atoms with Crippen LogP contribution in [0.15, 0.2) is 43.0 Å². The molecule has 0 unspecified atom stereocenters. The number of hydrogen-bond donors (Lipinski definition) is 2. The van der Waals surface area contributed by atoms with Gasteiger partial charge in [0, 0.05) is 37.0 Å². The highest BCUT2D eigenvalue weighted by Crippen LogP contribution is 2.07. The highest BCUT2D eigenvalue weighted by atomic mass is 16.1. The Bertz CT molecular complexity index is 528. The van der Waals surface area contributed by atoms with Gasteiger partial charge < -0.3 is 11.1 Å². The molecule has 2 aromatic rings. The molecule has 0 aliphatic heterocycles. The van der Waals surface area contributed by atoms with E-state index in [9.17, 15) is 4.79 Å². The number of pyridine rings is 2. The van der Waals surface area contributed by atoms with Gasteiger partial charge in [0.15, 0.2) is 0 Å². The van der Waals surface area contributed by atoms with Gasteiger partial charge in [-0.25, -0.2) is 0 Å². The minimum Gasteiger partial charge on any atom is -0.398 e. The largest absolute Gasteiger partial charge is 0.398 e. The van der Waals surface area contributed by atoms with E-state index in [1.54, 1.807) is 24.7 Å². The van der Waals surface area contributed by atoms with Crippen LogP contribution in [0.1, 0.15) is 15.9 Å². The number of rotatable bonds is 4. The van der Waals surface area contributed by atoms with E-state index in [1.807, 2.05) is 12.1 Å². The second-order valence-electron chi connectivity index (χ2n) is 3.83. The van der Waals surface area contributed by atoms with Gasteiger partial charge in [-0.15, -0.1) is 0 Å². The molecule has 5 heteroatoms. The summed E-state index contributed by atoms with van der Waals surface area (Å²) in [6.45, 7) is 0.541. The van der Waals surface area contributed by atoms with E-state index < -0.39 is 0 Å². The number of carbonyl (C=O) groups excluding carboxylic acids is 1. The fourth-order valence-electron chi connectivity index (χ4n) is 1.56. The zero-order valence-corrected chi connectivity index (χ0v) is 9.84. The quantitative estimate of drug-likeness (QED) is 0.839. The molecule has 0 fully saturated rings. The summed E-state index contributed by atoms with van der Waals surface area (Å²) in [6, 6.07) is 5.45. The zero-order valence-electron chi connectivity index (χ0n) is 9.84. The second-order valence-corrected chi connectivity index (χ2v) is 3.83. The van der Waals surface area contributed by atoms with Crippen molar-refractivity contribution in [2.45, 2.75) is 6.42 Å². The highest BCUT2D eigenvalue weighted by Gasteiger charge is 2.08. The normalized spacial score (nSPS) is 10.0. The van der Waals surface area contributed by atoms with Crippen molar-refractivity contribution in [2.24, 2.45) is 0 Å². The fraction of sp³-hybridized carbons (Fsp3) is 0.154. The Kier molecular flexibility index (Phi) is 3.86. The number of nitrogens with zero attached hydrogens (tertiary/aromatic N) is 2. The van der Waals surface area contributed by atoms with Crippen LogP contribution in [-0.2, 0) is 6.42 Å². The van der Waals surface area contributed by atoms with Gasteiger partial charge in [-0.2, -0.15) is 0 Å². The molecule has 0 aromatic carbocycles. The lowest BCUT2D eigenvalue weighted by Gasteiger charge is -2.06. The molecule has 0 radical (unpaired) electrons. The molecule has 0 saturated carbocycles. The molecule has 18 heavy (non-hydrogen) atoms.